The summed E-state index contributed by atoms with van der Waals surface area (Å²) >= 11 is 7.53. The maximum atomic E-state index is 13.9. The third kappa shape index (κ3) is 1.87. The van der Waals surface area contributed by atoms with Crippen LogP contribution in [0.1, 0.15) is 5.56 Å². The van der Waals surface area contributed by atoms with Crippen LogP contribution in [-0.2, 0) is 0 Å². The van der Waals surface area contributed by atoms with Crippen LogP contribution in [0.5, 0.6) is 0 Å². The molecular formula is C13H8ClFN2S. The standard InChI is InChI=1S/C13H8ClFN2S/c1-7-2-3-8(10(15)6-7)12-16-11(14)9-4-5-18-13(9)17-12/h2-6H,1H3. The van der Waals surface area contributed by atoms with Crippen molar-refractivity contribution in [2.45, 2.75) is 6.92 Å². The summed E-state index contributed by atoms with van der Waals surface area (Å²) in [6.07, 6.45) is 0. The van der Waals surface area contributed by atoms with Crippen LogP contribution in [0, 0.1) is 12.7 Å². The van der Waals surface area contributed by atoms with E-state index < -0.39 is 0 Å². The van der Waals surface area contributed by atoms with Crippen LogP contribution in [0.3, 0.4) is 0 Å². The SMILES string of the molecule is Cc1ccc(-c2nc(Cl)c3ccsc3n2)c(F)c1. The van der Waals surface area contributed by atoms with Crippen molar-refractivity contribution in [1.29, 1.82) is 0 Å². The van der Waals surface area contributed by atoms with Crippen molar-refractivity contribution in [2.75, 3.05) is 0 Å². The number of hydrogen-bond acceptors (Lipinski definition) is 3. The number of aryl methyl sites for hydroxylation is 1. The van der Waals surface area contributed by atoms with E-state index in [1.807, 2.05) is 24.4 Å². The van der Waals surface area contributed by atoms with E-state index in [2.05, 4.69) is 9.97 Å². The summed E-state index contributed by atoms with van der Waals surface area (Å²) in [6, 6.07) is 6.83. The van der Waals surface area contributed by atoms with E-state index in [9.17, 15) is 4.39 Å². The van der Waals surface area contributed by atoms with E-state index in [1.54, 1.807) is 6.07 Å². The third-order valence-corrected chi connectivity index (χ3v) is 3.74. The third-order valence-electron chi connectivity index (χ3n) is 2.64. The first-order valence-corrected chi connectivity index (χ1v) is 6.58. The number of halogens is 2. The largest absolute Gasteiger partial charge is 0.217 e. The van der Waals surface area contributed by atoms with Crippen LogP contribution in [0.4, 0.5) is 4.39 Å². The Hall–Kier alpha value is -1.52. The molecule has 0 saturated heterocycles. The summed E-state index contributed by atoms with van der Waals surface area (Å²) in [4.78, 5) is 9.26. The van der Waals surface area contributed by atoms with Gasteiger partial charge in [0, 0.05) is 5.39 Å². The van der Waals surface area contributed by atoms with E-state index in [4.69, 9.17) is 11.6 Å². The topological polar surface area (TPSA) is 25.8 Å². The number of nitrogens with zero attached hydrogens (tertiary/aromatic N) is 2. The molecule has 0 fully saturated rings. The molecule has 3 rings (SSSR count). The number of benzene rings is 1. The fourth-order valence-electron chi connectivity index (χ4n) is 1.74. The van der Waals surface area contributed by atoms with Gasteiger partial charge in [0.05, 0.1) is 5.56 Å². The molecule has 0 unspecified atom stereocenters. The van der Waals surface area contributed by atoms with Gasteiger partial charge >= 0.3 is 0 Å². The van der Waals surface area contributed by atoms with Crippen molar-refractivity contribution in [2.24, 2.45) is 0 Å². The van der Waals surface area contributed by atoms with Gasteiger partial charge in [0.25, 0.3) is 0 Å². The summed E-state index contributed by atoms with van der Waals surface area (Å²) in [5, 5.41) is 3.05. The van der Waals surface area contributed by atoms with Crippen LogP contribution in [0.2, 0.25) is 5.15 Å². The highest BCUT2D eigenvalue weighted by atomic mass is 35.5. The molecule has 2 heterocycles. The Labute approximate surface area is 112 Å². The Morgan fingerprint density at radius 2 is 2.06 bits per heavy atom. The van der Waals surface area contributed by atoms with Gasteiger partial charge in [-0.25, -0.2) is 14.4 Å². The van der Waals surface area contributed by atoms with Gasteiger partial charge in [0.2, 0.25) is 0 Å². The van der Waals surface area contributed by atoms with Gasteiger partial charge in [-0.05, 0) is 36.1 Å². The second-order valence-corrected chi connectivity index (χ2v) is 5.21. The number of rotatable bonds is 1. The molecule has 90 valence electrons. The van der Waals surface area contributed by atoms with Crippen molar-refractivity contribution in [3.05, 3.63) is 46.2 Å². The molecule has 2 nitrogen and oxygen atoms in total. The molecular weight excluding hydrogens is 271 g/mol. The molecule has 0 saturated carbocycles. The molecule has 1 aromatic carbocycles. The fraction of sp³-hybridized carbons (Fsp3) is 0.0769. The molecule has 0 radical (unpaired) electrons. The van der Waals surface area contributed by atoms with Gasteiger partial charge in [-0.1, -0.05) is 17.7 Å². The van der Waals surface area contributed by atoms with Crippen molar-refractivity contribution < 1.29 is 4.39 Å². The number of aromatic nitrogens is 2. The van der Waals surface area contributed by atoms with Gasteiger partial charge < -0.3 is 0 Å². The lowest BCUT2D eigenvalue weighted by molar-refractivity contribution is 0.629. The average Bonchev–Trinajstić information content (AvgIpc) is 2.77. The highest BCUT2D eigenvalue weighted by Gasteiger charge is 2.12. The maximum Gasteiger partial charge on any atom is 0.165 e. The van der Waals surface area contributed by atoms with Crippen LogP contribution in [0.25, 0.3) is 21.6 Å². The van der Waals surface area contributed by atoms with Gasteiger partial charge in [-0.3, -0.25) is 0 Å². The first kappa shape index (κ1) is 11.6. The van der Waals surface area contributed by atoms with Crippen LogP contribution in [-0.4, -0.2) is 9.97 Å². The molecule has 3 aromatic rings. The Kier molecular flexibility index (Phi) is 2.76. The Morgan fingerprint density at radius 1 is 1.22 bits per heavy atom. The van der Waals surface area contributed by atoms with Gasteiger partial charge in [0.1, 0.15) is 15.8 Å². The van der Waals surface area contributed by atoms with E-state index in [-0.39, 0.29) is 5.82 Å². The molecule has 0 spiro atoms. The minimum Gasteiger partial charge on any atom is -0.217 e. The zero-order valence-electron chi connectivity index (χ0n) is 9.45. The van der Waals surface area contributed by atoms with Crippen molar-refractivity contribution >= 4 is 33.2 Å². The van der Waals surface area contributed by atoms with Crippen LogP contribution >= 0.6 is 22.9 Å². The van der Waals surface area contributed by atoms with E-state index in [0.717, 1.165) is 15.8 Å². The maximum absolute atomic E-state index is 13.9. The Morgan fingerprint density at radius 3 is 2.83 bits per heavy atom. The summed E-state index contributed by atoms with van der Waals surface area (Å²) in [7, 11) is 0. The lowest BCUT2D eigenvalue weighted by Gasteiger charge is -2.04. The van der Waals surface area contributed by atoms with Crippen molar-refractivity contribution in [1.82, 2.24) is 9.97 Å². The predicted octanol–water partition coefficient (Wildman–Crippen LogP) is 4.46. The molecule has 0 aliphatic heterocycles. The summed E-state index contributed by atoms with van der Waals surface area (Å²) in [5.41, 5.74) is 1.23. The van der Waals surface area contributed by atoms with E-state index in [1.165, 1.54) is 17.4 Å². The van der Waals surface area contributed by atoms with Gasteiger partial charge in [-0.15, -0.1) is 11.3 Å². The second kappa shape index (κ2) is 4.30. The zero-order chi connectivity index (χ0) is 12.7. The molecule has 0 atom stereocenters. The second-order valence-electron chi connectivity index (χ2n) is 3.96. The molecule has 5 heteroatoms. The van der Waals surface area contributed by atoms with Gasteiger partial charge in [0.15, 0.2) is 5.82 Å². The average molecular weight is 279 g/mol. The molecule has 0 N–H and O–H groups in total. The predicted molar refractivity (Wildman–Crippen MR) is 72.6 cm³/mol. The lowest BCUT2D eigenvalue weighted by atomic mass is 10.1. The highest BCUT2D eigenvalue weighted by Crippen LogP contribution is 2.29. The van der Waals surface area contributed by atoms with Crippen LogP contribution in [0.15, 0.2) is 29.6 Å². The first-order chi connectivity index (χ1) is 8.65. The first-order valence-electron chi connectivity index (χ1n) is 5.32. The van der Waals surface area contributed by atoms with Crippen molar-refractivity contribution in [3.63, 3.8) is 0 Å². The molecule has 0 aliphatic rings. The molecule has 2 aromatic heterocycles. The normalized spacial score (nSPS) is 11.1. The number of thiophene rings is 1. The molecule has 0 aliphatic carbocycles. The Bertz CT molecular complexity index is 739. The highest BCUT2D eigenvalue weighted by molar-refractivity contribution is 7.16. The van der Waals surface area contributed by atoms with Crippen LogP contribution < -0.4 is 0 Å². The summed E-state index contributed by atoms with van der Waals surface area (Å²) < 4.78 is 13.9. The molecule has 18 heavy (non-hydrogen) atoms. The molecule has 0 amide bonds. The zero-order valence-corrected chi connectivity index (χ0v) is 11.0. The molecule has 0 bridgehead atoms. The smallest absolute Gasteiger partial charge is 0.165 e. The monoisotopic (exact) mass is 278 g/mol. The minimum absolute atomic E-state index is 0.326. The summed E-state index contributed by atoms with van der Waals surface area (Å²) in [5.74, 6) is -0.00516. The summed E-state index contributed by atoms with van der Waals surface area (Å²) in [6.45, 7) is 1.84. The van der Waals surface area contributed by atoms with E-state index in [0.29, 0.717) is 16.5 Å². The quantitative estimate of drug-likeness (QED) is 0.614. The van der Waals surface area contributed by atoms with Gasteiger partial charge in [-0.2, -0.15) is 0 Å². The number of hydrogen-bond donors (Lipinski definition) is 0. The fourth-order valence-corrected chi connectivity index (χ4v) is 2.79. The Balaban J connectivity index is 2.24. The number of fused-ring (bicyclic) bond motifs is 1. The van der Waals surface area contributed by atoms with E-state index >= 15 is 0 Å². The lowest BCUT2D eigenvalue weighted by Crippen LogP contribution is -1.93. The van der Waals surface area contributed by atoms with Crippen molar-refractivity contribution in [3.8, 4) is 11.4 Å². The minimum atomic E-state index is -0.332.